The van der Waals surface area contributed by atoms with E-state index in [0.717, 1.165) is 19.3 Å². The highest BCUT2D eigenvalue weighted by atomic mass is 32.2. The smallest absolute Gasteiger partial charge is 0.216 e. The fraction of sp³-hybridized carbons (Fsp3) is 1.00. The van der Waals surface area contributed by atoms with Crippen LogP contribution in [0.3, 0.4) is 0 Å². The first-order chi connectivity index (χ1) is 8.30. The quantitative estimate of drug-likeness (QED) is 0.835. The molecule has 0 bridgehead atoms. The van der Waals surface area contributed by atoms with Gasteiger partial charge in [-0.1, -0.05) is 26.7 Å². The van der Waals surface area contributed by atoms with Gasteiger partial charge < -0.3 is 5.73 Å². The Morgan fingerprint density at radius 3 is 2.44 bits per heavy atom. The van der Waals surface area contributed by atoms with Crippen LogP contribution in [0.15, 0.2) is 0 Å². The van der Waals surface area contributed by atoms with Gasteiger partial charge >= 0.3 is 0 Å². The number of sulfonamides is 1. The first kappa shape index (κ1) is 15.9. The molecule has 0 spiro atoms. The van der Waals surface area contributed by atoms with Crippen LogP contribution in [0, 0.1) is 5.92 Å². The van der Waals surface area contributed by atoms with E-state index in [1.807, 2.05) is 6.92 Å². The summed E-state index contributed by atoms with van der Waals surface area (Å²) in [6, 6.07) is 0. The molecule has 2 atom stereocenters. The maximum Gasteiger partial charge on any atom is 0.216 e. The summed E-state index contributed by atoms with van der Waals surface area (Å²) >= 11 is 0. The molecule has 0 saturated heterocycles. The van der Waals surface area contributed by atoms with Crippen molar-refractivity contribution in [1.82, 2.24) is 4.31 Å². The first-order valence-corrected chi connectivity index (χ1v) is 8.52. The van der Waals surface area contributed by atoms with Crippen molar-refractivity contribution in [1.29, 1.82) is 0 Å². The second kappa shape index (κ2) is 5.88. The Hall–Kier alpha value is -0.130. The molecule has 0 aromatic carbocycles. The third-order valence-corrected chi connectivity index (χ3v) is 6.62. The van der Waals surface area contributed by atoms with Gasteiger partial charge in [0.2, 0.25) is 10.0 Å². The number of likely N-dealkylation sites (N-methyl/N-ethyl adjacent to an activating group) is 1. The second-order valence-electron chi connectivity index (χ2n) is 5.89. The highest BCUT2D eigenvalue weighted by molar-refractivity contribution is 7.89. The lowest BCUT2D eigenvalue weighted by Crippen LogP contribution is -2.59. The van der Waals surface area contributed by atoms with Gasteiger partial charge in [0.05, 0.1) is 5.25 Å². The summed E-state index contributed by atoms with van der Waals surface area (Å²) in [6.07, 6.45) is 4.04. The number of nitrogens with zero attached hydrogens (tertiary/aromatic N) is 1. The molecule has 1 aliphatic carbocycles. The number of hydrogen-bond donors (Lipinski definition) is 1. The monoisotopic (exact) mass is 276 g/mol. The topological polar surface area (TPSA) is 63.4 Å². The summed E-state index contributed by atoms with van der Waals surface area (Å²) in [4.78, 5) is 0. The van der Waals surface area contributed by atoms with Gasteiger partial charge in [-0.05, 0) is 32.6 Å². The normalized spacial score (nSPS) is 30.1. The van der Waals surface area contributed by atoms with Crippen molar-refractivity contribution in [2.75, 3.05) is 13.1 Å². The highest BCUT2D eigenvalue weighted by Gasteiger charge is 2.44. The number of nitrogens with two attached hydrogens (primary N) is 1. The molecule has 4 nitrogen and oxygen atoms in total. The third-order valence-electron chi connectivity index (χ3n) is 4.17. The largest absolute Gasteiger partial charge is 0.329 e. The maximum atomic E-state index is 12.5. The van der Waals surface area contributed by atoms with Gasteiger partial charge in [0, 0.05) is 18.6 Å². The summed E-state index contributed by atoms with van der Waals surface area (Å²) in [5, 5.41) is -0.377. The fourth-order valence-electron chi connectivity index (χ4n) is 3.19. The van der Waals surface area contributed by atoms with Crippen molar-refractivity contribution in [3.63, 3.8) is 0 Å². The minimum Gasteiger partial charge on any atom is -0.329 e. The van der Waals surface area contributed by atoms with Crippen LogP contribution in [0.5, 0.6) is 0 Å². The molecule has 1 rings (SSSR count). The van der Waals surface area contributed by atoms with Crippen LogP contribution < -0.4 is 5.73 Å². The van der Waals surface area contributed by atoms with Crippen molar-refractivity contribution < 1.29 is 8.42 Å². The van der Waals surface area contributed by atoms with Gasteiger partial charge in [0.15, 0.2) is 0 Å². The van der Waals surface area contributed by atoms with Crippen LogP contribution in [0.4, 0.5) is 0 Å². The molecule has 2 unspecified atom stereocenters. The molecule has 1 fully saturated rings. The van der Waals surface area contributed by atoms with Gasteiger partial charge in [-0.2, -0.15) is 4.31 Å². The van der Waals surface area contributed by atoms with Crippen molar-refractivity contribution >= 4 is 10.0 Å². The zero-order chi connectivity index (χ0) is 14.0. The molecule has 5 heteroatoms. The average Bonchev–Trinajstić information content (AvgIpc) is 2.29. The van der Waals surface area contributed by atoms with E-state index in [-0.39, 0.29) is 10.8 Å². The van der Waals surface area contributed by atoms with Crippen LogP contribution >= 0.6 is 0 Å². The van der Waals surface area contributed by atoms with E-state index in [4.69, 9.17) is 5.73 Å². The average molecular weight is 276 g/mol. The van der Waals surface area contributed by atoms with Crippen LogP contribution in [-0.4, -0.2) is 36.6 Å². The molecule has 0 amide bonds. The lowest BCUT2D eigenvalue weighted by molar-refractivity contribution is 0.112. The predicted molar refractivity (Wildman–Crippen MR) is 75.9 cm³/mol. The molecular weight excluding hydrogens is 248 g/mol. The fourth-order valence-corrected chi connectivity index (χ4v) is 4.83. The van der Waals surface area contributed by atoms with Gasteiger partial charge in [-0.15, -0.1) is 0 Å². The molecule has 0 aromatic heterocycles. The Morgan fingerprint density at radius 1 is 1.44 bits per heavy atom. The van der Waals surface area contributed by atoms with E-state index in [2.05, 4.69) is 6.92 Å². The molecule has 0 aliphatic heterocycles. The SMILES string of the molecule is CCN(C1(CN)CCCC(C)C1)S(=O)(=O)C(C)C. The molecule has 0 radical (unpaired) electrons. The van der Waals surface area contributed by atoms with Crippen molar-refractivity contribution in [2.24, 2.45) is 11.7 Å². The Bertz CT molecular complexity index is 367. The molecule has 1 aliphatic rings. The molecule has 1 saturated carbocycles. The Morgan fingerprint density at radius 2 is 2.06 bits per heavy atom. The Kier molecular flexibility index (Phi) is 5.21. The van der Waals surface area contributed by atoms with E-state index in [1.54, 1.807) is 18.2 Å². The van der Waals surface area contributed by atoms with Gasteiger partial charge in [-0.3, -0.25) is 0 Å². The second-order valence-corrected chi connectivity index (χ2v) is 8.30. The lowest BCUT2D eigenvalue weighted by Gasteiger charge is -2.47. The maximum absolute atomic E-state index is 12.5. The Labute approximate surface area is 112 Å². The third kappa shape index (κ3) is 2.89. The standard InChI is InChI=1S/C13H28N2O2S/c1-5-15(18(16,17)11(2)3)13(10-14)8-6-7-12(4)9-13/h11-12H,5-10,14H2,1-4H3. The molecular formula is C13H28N2O2S. The summed E-state index contributed by atoms with van der Waals surface area (Å²) in [5.41, 5.74) is 5.62. The highest BCUT2D eigenvalue weighted by Crippen LogP contribution is 2.38. The minimum absolute atomic E-state index is 0.352. The van der Waals surface area contributed by atoms with Crippen LogP contribution in [-0.2, 0) is 10.0 Å². The lowest BCUT2D eigenvalue weighted by atomic mass is 9.76. The number of rotatable bonds is 5. The summed E-state index contributed by atoms with van der Waals surface area (Å²) < 4.78 is 26.7. The summed E-state index contributed by atoms with van der Waals surface area (Å²) in [6.45, 7) is 8.54. The van der Waals surface area contributed by atoms with Gasteiger partial charge in [-0.25, -0.2) is 8.42 Å². The summed E-state index contributed by atoms with van der Waals surface area (Å²) in [5.74, 6) is 0.554. The van der Waals surface area contributed by atoms with Gasteiger partial charge in [0.25, 0.3) is 0 Å². The van der Waals surface area contributed by atoms with Crippen molar-refractivity contribution in [2.45, 2.75) is 64.2 Å². The molecule has 2 N–H and O–H groups in total. The van der Waals surface area contributed by atoms with E-state index in [1.165, 1.54) is 6.42 Å². The van der Waals surface area contributed by atoms with E-state index < -0.39 is 10.0 Å². The Balaban J connectivity index is 3.11. The molecule has 108 valence electrons. The van der Waals surface area contributed by atoms with E-state index in [9.17, 15) is 8.42 Å². The number of hydrogen-bond acceptors (Lipinski definition) is 3. The van der Waals surface area contributed by atoms with E-state index in [0.29, 0.717) is 19.0 Å². The van der Waals surface area contributed by atoms with Gasteiger partial charge in [0.1, 0.15) is 0 Å². The molecule has 0 heterocycles. The van der Waals surface area contributed by atoms with E-state index >= 15 is 0 Å². The molecule has 0 aromatic rings. The van der Waals surface area contributed by atoms with Crippen molar-refractivity contribution in [3.8, 4) is 0 Å². The van der Waals surface area contributed by atoms with Crippen LogP contribution in [0.2, 0.25) is 0 Å². The zero-order valence-electron chi connectivity index (χ0n) is 12.1. The zero-order valence-corrected chi connectivity index (χ0v) is 13.0. The first-order valence-electron chi connectivity index (χ1n) is 7.02. The predicted octanol–water partition coefficient (Wildman–Crippen LogP) is 1.95. The van der Waals surface area contributed by atoms with Crippen molar-refractivity contribution in [3.05, 3.63) is 0 Å². The van der Waals surface area contributed by atoms with Crippen LogP contribution in [0.1, 0.15) is 53.4 Å². The minimum atomic E-state index is -3.23. The summed E-state index contributed by atoms with van der Waals surface area (Å²) in [7, 11) is -3.23. The van der Waals surface area contributed by atoms with Crippen LogP contribution in [0.25, 0.3) is 0 Å². The molecule has 18 heavy (non-hydrogen) atoms.